The predicted molar refractivity (Wildman–Crippen MR) is 72.4 cm³/mol. The number of rotatable bonds is 4. The Labute approximate surface area is 116 Å². The largest absolute Gasteiger partial charge is 0.480 e. The highest BCUT2D eigenvalue weighted by molar-refractivity contribution is 8.01. The van der Waals surface area contributed by atoms with Gasteiger partial charge in [0.05, 0.1) is 10.3 Å². The fourth-order valence-corrected chi connectivity index (χ4v) is 5.69. The SMILES string of the molecule is CCC1SCC(C(=O)O)N1S(=O)(=O)c1ccn(C)c1. The molecule has 106 valence electrons. The van der Waals surface area contributed by atoms with Crippen LogP contribution in [0.4, 0.5) is 0 Å². The Kier molecular flexibility index (Phi) is 3.93. The molecule has 0 bridgehead atoms. The maximum absolute atomic E-state index is 12.6. The number of aliphatic carboxylic acids is 1. The van der Waals surface area contributed by atoms with Crippen molar-refractivity contribution < 1.29 is 18.3 Å². The molecule has 0 radical (unpaired) electrons. The summed E-state index contributed by atoms with van der Waals surface area (Å²) < 4.78 is 27.9. The average molecular weight is 304 g/mol. The van der Waals surface area contributed by atoms with Crippen molar-refractivity contribution in [3.63, 3.8) is 0 Å². The Morgan fingerprint density at radius 2 is 2.26 bits per heavy atom. The summed E-state index contributed by atoms with van der Waals surface area (Å²) in [6, 6.07) is 0.504. The van der Waals surface area contributed by atoms with Gasteiger partial charge in [0.2, 0.25) is 10.0 Å². The molecular weight excluding hydrogens is 288 g/mol. The maximum atomic E-state index is 12.6. The lowest BCUT2D eigenvalue weighted by atomic mass is 10.3. The summed E-state index contributed by atoms with van der Waals surface area (Å²) in [7, 11) is -2.04. The summed E-state index contributed by atoms with van der Waals surface area (Å²) in [5.74, 6) is -0.803. The number of nitrogens with zero attached hydrogens (tertiary/aromatic N) is 2. The van der Waals surface area contributed by atoms with Crippen molar-refractivity contribution in [2.75, 3.05) is 5.75 Å². The minimum absolute atomic E-state index is 0.141. The molecule has 6 nitrogen and oxygen atoms in total. The average Bonchev–Trinajstić information content (AvgIpc) is 2.94. The molecule has 0 aromatic carbocycles. The van der Waals surface area contributed by atoms with Gasteiger partial charge in [-0.25, -0.2) is 8.42 Å². The molecule has 8 heteroatoms. The predicted octanol–water partition coefficient (Wildman–Crippen LogP) is 0.952. The van der Waals surface area contributed by atoms with Crippen LogP contribution in [0, 0.1) is 0 Å². The van der Waals surface area contributed by atoms with Crippen LogP contribution in [0.25, 0.3) is 0 Å². The van der Waals surface area contributed by atoms with E-state index in [2.05, 4.69) is 0 Å². The van der Waals surface area contributed by atoms with Crippen LogP contribution in [0.2, 0.25) is 0 Å². The lowest BCUT2D eigenvalue weighted by Gasteiger charge is -2.25. The Morgan fingerprint density at radius 3 is 2.74 bits per heavy atom. The normalized spacial score (nSPS) is 24.7. The third-order valence-electron chi connectivity index (χ3n) is 3.05. The topological polar surface area (TPSA) is 79.6 Å². The smallest absolute Gasteiger partial charge is 0.322 e. The van der Waals surface area contributed by atoms with Crippen molar-refractivity contribution in [2.24, 2.45) is 7.05 Å². The molecule has 0 saturated carbocycles. The first kappa shape index (κ1) is 14.4. The number of carbonyl (C=O) groups is 1. The van der Waals surface area contributed by atoms with E-state index in [1.165, 1.54) is 24.0 Å². The van der Waals surface area contributed by atoms with Crippen LogP contribution in [0.15, 0.2) is 23.4 Å². The molecule has 0 amide bonds. The van der Waals surface area contributed by atoms with Crippen LogP contribution in [-0.2, 0) is 21.9 Å². The molecule has 2 rings (SSSR count). The van der Waals surface area contributed by atoms with Crippen molar-refractivity contribution in [1.29, 1.82) is 0 Å². The number of thioether (sulfide) groups is 1. The molecule has 1 aromatic rings. The zero-order valence-corrected chi connectivity index (χ0v) is 12.3. The fourth-order valence-electron chi connectivity index (χ4n) is 2.10. The molecule has 1 aromatic heterocycles. The summed E-state index contributed by atoms with van der Waals surface area (Å²) in [5.41, 5.74) is 0. The third-order valence-corrected chi connectivity index (χ3v) is 6.54. The van der Waals surface area contributed by atoms with Gasteiger partial charge in [-0.15, -0.1) is 11.8 Å². The standard InChI is InChI=1S/C11H16N2O4S2/c1-3-10-13(9(7-18-10)11(14)15)19(16,17)8-4-5-12(2)6-8/h4-6,9-10H,3,7H2,1-2H3,(H,14,15). The van der Waals surface area contributed by atoms with Gasteiger partial charge in [-0.1, -0.05) is 6.92 Å². The van der Waals surface area contributed by atoms with E-state index < -0.39 is 22.0 Å². The van der Waals surface area contributed by atoms with E-state index in [1.54, 1.807) is 17.8 Å². The van der Waals surface area contributed by atoms with E-state index in [-0.39, 0.29) is 10.3 Å². The Balaban J connectivity index is 2.43. The van der Waals surface area contributed by atoms with Crippen molar-refractivity contribution in [2.45, 2.75) is 29.7 Å². The number of carboxylic acid groups (broad SMARTS) is 1. The molecule has 1 aliphatic rings. The van der Waals surface area contributed by atoms with E-state index in [0.29, 0.717) is 12.2 Å². The lowest BCUT2D eigenvalue weighted by molar-refractivity contribution is -0.140. The number of aromatic nitrogens is 1. The van der Waals surface area contributed by atoms with E-state index in [4.69, 9.17) is 0 Å². The van der Waals surface area contributed by atoms with E-state index in [9.17, 15) is 18.3 Å². The summed E-state index contributed by atoms with van der Waals surface area (Å²) in [4.78, 5) is 11.4. The maximum Gasteiger partial charge on any atom is 0.322 e. The Bertz CT molecular complexity index is 581. The molecule has 1 fully saturated rings. The molecule has 19 heavy (non-hydrogen) atoms. The number of carboxylic acids is 1. The minimum atomic E-state index is -3.76. The molecule has 1 N–H and O–H groups in total. The Hall–Kier alpha value is -0.990. The van der Waals surface area contributed by atoms with Crippen LogP contribution in [-0.4, -0.2) is 45.5 Å². The number of hydrogen-bond donors (Lipinski definition) is 1. The van der Waals surface area contributed by atoms with Crippen LogP contribution in [0.3, 0.4) is 0 Å². The van der Waals surface area contributed by atoms with Crippen molar-refractivity contribution >= 4 is 27.8 Å². The summed E-state index contributed by atoms with van der Waals surface area (Å²) in [6.45, 7) is 1.86. The molecule has 2 atom stereocenters. The van der Waals surface area contributed by atoms with Gasteiger partial charge in [0.15, 0.2) is 0 Å². The molecule has 1 aliphatic heterocycles. The zero-order valence-electron chi connectivity index (χ0n) is 10.7. The van der Waals surface area contributed by atoms with E-state index >= 15 is 0 Å². The molecule has 2 heterocycles. The summed E-state index contributed by atoms with van der Waals surface area (Å²) in [5, 5.41) is 8.87. The van der Waals surface area contributed by atoms with Gasteiger partial charge in [0.1, 0.15) is 6.04 Å². The minimum Gasteiger partial charge on any atom is -0.480 e. The van der Waals surface area contributed by atoms with Gasteiger partial charge in [-0.3, -0.25) is 4.79 Å². The molecule has 0 aliphatic carbocycles. The fraction of sp³-hybridized carbons (Fsp3) is 0.545. The third kappa shape index (κ3) is 2.52. The van der Waals surface area contributed by atoms with Crippen LogP contribution in [0.1, 0.15) is 13.3 Å². The monoisotopic (exact) mass is 304 g/mol. The molecular formula is C11H16N2O4S2. The molecule has 2 unspecified atom stereocenters. The summed E-state index contributed by atoms with van der Waals surface area (Å²) in [6.07, 6.45) is 3.71. The van der Waals surface area contributed by atoms with Crippen LogP contribution < -0.4 is 0 Å². The molecule has 0 spiro atoms. The van der Waals surface area contributed by atoms with Crippen molar-refractivity contribution in [1.82, 2.24) is 8.87 Å². The Morgan fingerprint density at radius 1 is 1.58 bits per heavy atom. The first-order chi connectivity index (χ1) is 8.87. The van der Waals surface area contributed by atoms with Crippen LogP contribution >= 0.6 is 11.8 Å². The first-order valence-electron chi connectivity index (χ1n) is 5.88. The first-order valence-corrected chi connectivity index (χ1v) is 8.36. The number of aryl methyl sites for hydroxylation is 1. The van der Waals surface area contributed by atoms with Crippen LogP contribution in [0.5, 0.6) is 0 Å². The number of sulfonamides is 1. The van der Waals surface area contributed by atoms with Gasteiger partial charge >= 0.3 is 5.97 Å². The lowest BCUT2D eigenvalue weighted by Crippen LogP contribution is -2.45. The second-order valence-electron chi connectivity index (χ2n) is 4.40. The second-order valence-corrected chi connectivity index (χ2v) is 7.45. The summed E-state index contributed by atoms with van der Waals surface area (Å²) >= 11 is 1.37. The quantitative estimate of drug-likeness (QED) is 0.896. The van der Waals surface area contributed by atoms with Gasteiger partial charge in [0.25, 0.3) is 0 Å². The highest BCUT2D eigenvalue weighted by Gasteiger charge is 2.45. The van der Waals surface area contributed by atoms with Gasteiger partial charge in [-0.2, -0.15) is 4.31 Å². The second kappa shape index (κ2) is 5.18. The highest BCUT2D eigenvalue weighted by atomic mass is 32.2. The van der Waals surface area contributed by atoms with Crippen molar-refractivity contribution in [3.8, 4) is 0 Å². The van der Waals surface area contributed by atoms with Gasteiger partial charge in [-0.05, 0) is 12.5 Å². The number of hydrogen-bond acceptors (Lipinski definition) is 4. The van der Waals surface area contributed by atoms with E-state index in [1.807, 2.05) is 6.92 Å². The zero-order chi connectivity index (χ0) is 14.2. The highest BCUT2D eigenvalue weighted by Crippen LogP contribution is 2.36. The molecule has 1 saturated heterocycles. The van der Waals surface area contributed by atoms with Gasteiger partial charge < -0.3 is 9.67 Å². The van der Waals surface area contributed by atoms with Gasteiger partial charge in [0, 0.05) is 25.2 Å². The van der Waals surface area contributed by atoms with E-state index in [0.717, 1.165) is 4.31 Å². The van der Waals surface area contributed by atoms with Crippen molar-refractivity contribution in [3.05, 3.63) is 18.5 Å².